The number of aryl methyl sites for hydroxylation is 1. The van der Waals surface area contributed by atoms with Crippen molar-refractivity contribution in [1.82, 2.24) is 0 Å². The Kier molecular flexibility index (Phi) is 6.88. The predicted octanol–water partition coefficient (Wildman–Crippen LogP) is 7.74. The van der Waals surface area contributed by atoms with E-state index in [2.05, 4.69) is 52.8 Å². The Morgan fingerprint density at radius 2 is 1.80 bits per heavy atom. The van der Waals surface area contributed by atoms with Crippen LogP contribution in [-0.4, -0.2) is 0 Å². The van der Waals surface area contributed by atoms with E-state index in [0.717, 1.165) is 24.0 Å². The van der Waals surface area contributed by atoms with Crippen molar-refractivity contribution >= 4 is 0 Å². The fourth-order valence-electron chi connectivity index (χ4n) is 4.40. The van der Waals surface area contributed by atoms with Crippen LogP contribution in [0.5, 0.6) is 0 Å². The van der Waals surface area contributed by atoms with Crippen LogP contribution in [0.4, 0.5) is 4.39 Å². The molecule has 0 aliphatic heterocycles. The van der Waals surface area contributed by atoms with Crippen LogP contribution in [0.3, 0.4) is 0 Å². The predicted molar refractivity (Wildman–Crippen MR) is 108 cm³/mol. The molecule has 1 aliphatic carbocycles. The third kappa shape index (κ3) is 4.96. The number of hydrogen-bond donors (Lipinski definition) is 0. The van der Waals surface area contributed by atoms with Gasteiger partial charge in [-0.25, -0.2) is 4.39 Å². The molecule has 1 heteroatoms. The van der Waals surface area contributed by atoms with E-state index in [9.17, 15) is 0 Å². The number of halogens is 1. The molecule has 0 nitrogen and oxygen atoms in total. The molecule has 0 fully saturated rings. The molecule has 2 atom stereocenters. The van der Waals surface area contributed by atoms with Gasteiger partial charge in [0, 0.05) is 5.92 Å². The van der Waals surface area contributed by atoms with Crippen LogP contribution in [0.1, 0.15) is 95.8 Å². The average Bonchev–Trinajstić information content (AvgIpc) is 2.54. The highest BCUT2D eigenvalue weighted by Crippen LogP contribution is 2.46. The lowest BCUT2D eigenvalue weighted by Gasteiger charge is -2.40. The third-order valence-corrected chi connectivity index (χ3v) is 6.03. The molecule has 0 aromatic heterocycles. The molecule has 25 heavy (non-hydrogen) atoms. The topological polar surface area (TPSA) is 0 Å². The van der Waals surface area contributed by atoms with E-state index in [1.165, 1.54) is 43.2 Å². The minimum Gasteiger partial charge on any atom is -0.206 e. The maximum atomic E-state index is 15.0. The van der Waals surface area contributed by atoms with Crippen molar-refractivity contribution in [2.45, 2.75) is 92.4 Å². The first-order chi connectivity index (χ1) is 11.8. The van der Waals surface area contributed by atoms with Crippen molar-refractivity contribution in [3.8, 4) is 0 Å². The van der Waals surface area contributed by atoms with Gasteiger partial charge in [-0.05, 0) is 67.6 Å². The van der Waals surface area contributed by atoms with Crippen LogP contribution in [0.15, 0.2) is 23.8 Å². The molecule has 0 saturated carbocycles. The zero-order valence-electron chi connectivity index (χ0n) is 17.2. The molecule has 140 valence electrons. The van der Waals surface area contributed by atoms with E-state index in [-0.39, 0.29) is 11.2 Å². The summed E-state index contributed by atoms with van der Waals surface area (Å²) < 4.78 is 15.0. The van der Waals surface area contributed by atoms with Crippen LogP contribution in [0, 0.1) is 24.1 Å². The van der Waals surface area contributed by atoms with E-state index >= 15 is 4.39 Å². The Morgan fingerprint density at radius 3 is 2.44 bits per heavy atom. The van der Waals surface area contributed by atoms with Gasteiger partial charge in [0.2, 0.25) is 0 Å². The van der Waals surface area contributed by atoms with Gasteiger partial charge in [-0.2, -0.15) is 0 Å². The maximum absolute atomic E-state index is 15.0. The summed E-state index contributed by atoms with van der Waals surface area (Å²) in [6.07, 6.45) is 10.4. The van der Waals surface area contributed by atoms with Crippen molar-refractivity contribution in [1.29, 1.82) is 0 Å². The summed E-state index contributed by atoms with van der Waals surface area (Å²) in [5.74, 6) is 0.959. The lowest BCUT2D eigenvalue weighted by Crippen LogP contribution is -2.29. The molecular weight excluding hydrogens is 307 g/mol. The lowest BCUT2D eigenvalue weighted by molar-refractivity contribution is 0.197. The van der Waals surface area contributed by atoms with Gasteiger partial charge < -0.3 is 0 Å². The summed E-state index contributed by atoms with van der Waals surface area (Å²) in [5, 5.41) is 0. The standard InChI is InChI=1S/C24H37F/c1-7-8-9-10-11-19-13-14-20(18(3)23(19)25)21-16-17(2)12-15-22(21)24(4,5)6/h13-14,16,21-22H,7-12,15H2,1-6H3. The molecule has 0 spiro atoms. The van der Waals surface area contributed by atoms with Crippen molar-refractivity contribution < 1.29 is 4.39 Å². The lowest BCUT2D eigenvalue weighted by atomic mass is 9.65. The van der Waals surface area contributed by atoms with Gasteiger partial charge in [-0.1, -0.05) is 70.7 Å². The van der Waals surface area contributed by atoms with Crippen LogP contribution < -0.4 is 0 Å². The zero-order valence-corrected chi connectivity index (χ0v) is 17.2. The van der Waals surface area contributed by atoms with Crippen LogP contribution in [-0.2, 0) is 6.42 Å². The zero-order chi connectivity index (χ0) is 18.6. The summed E-state index contributed by atoms with van der Waals surface area (Å²) in [5.41, 5.74) is 4.67. The van der Waals surface area contributed by atoms with Gasteiger partial charge in [-0.3, -0.25) is 0 Å². The Hall–Kier alpha value is -1.11. The Morgan fingerprint density at radius 1 is 1.08 bits per heavy atom. The second-order valence-corrected chi connectivity index (χ2v) is 9.11. The number of rotatable bonds is 6. The second kappa shape index (κ2) is 8.52. The summed E-state index contributed by atoms with van der Waals surface area (Å²) in [7, 11) is 0. The monoisotopic (exact) mass is 344 g/mol. The van der Waals surface area contributed by atoms with E-state index in [0.29, 0.717) is 11.8 Å². The molecule has 1 aromatic carbocycles. The average molecular weight is 345 g/mol. The molecule has 2 unspecified atom stereocenters. The molecule has 2 rings (SSSR count). The first kappa shape index (κ1) is 20.2. The first-order valence-electron chi connectivity index (χ1n) is 10.2. The summed E-state index contributed by atoms with van der Waals surface area (Å²) in [4.78, 5) is 0. The molecular formula is C24H37F. The van der Waals surface area contributed by atoms with Gasteiger partial charge >= 0.3 is 0 Å². The summed E-state index contributed by atoms with van der Waals surface area (Å²) >= 11 is 0. The Labute approximate surface area is 154 Å². The normalized spacial score (nSPS) is 21.3. The largest absolute Gasteiger partial charge is 0.206 e. The van der Waals surface area contributed by atoms with E-state index in [1.807, 2.05) is 6.92 Å². The molecule has 0 saturated heterocycles. The SMILES string of the molecule is CCCCCCc1ccc(C2C=C(C)CCC2C(C)(C)C)c(C)c1F. The van der Waals surface area contributed by atoms with Gasteiger partial charge in [0.1, 0.15) is 5.82 Å². The van der Waals surface area contributed by atoms with E-state index in [4.69, 9.17) is 0 Å². The summed E-state index contributed by atoms with van der Waals surface area (Å²) in [6.45, 7) is 13.4. The first-order valence-corrected chi connectivity index (χ1v) is 10.2. The van der Waals surface area contributed by atoms with Gasteiger partial charge in [0.25, 0.3) is 0 Å². The summed E-state index contributed by atoms with van der Waals surface area (Å²) in [6, 6.07) is 4.27. The van der Waals surface area contributed by atoms with Crippen molar-refractivity contribution in [3.63, 3.8) is 0 Å². The van der Waals surface area contributed by atoms with Crippen molar-refractivity contribution in [2.75, 3.05) is 0 Å². The molecule has 1 aromatic rings. The fourth-order valence-corrected chi connectivity index (χ4v) is 4.40. The van der Waals surface area contributed by atoms with Crippen LogP contribution in [0.2, 0.25) is 0 Å². The molecule has 0 N–H and O–H groups in total. The molecule has 0 bridgehead atoms. The van der Waals surface area contributed by atoms with E-state index < -0.39 is 0 Å². The fraction of sp³-hybridized carbons (Fsp3) is 0.667. The smallest absolute Gasteiger partial charge is 0.129 e. The molecule has 1 aliphatic rings. The molecule has 0 heterocycles. The minimum absolute atomic E-state index is 0.0401. The maximum Gasteiger partial charge on any atom is 0.129 e. The van der Waals surface area contributed by atoms with Gasteiger partial charge in [0.15, 0.2) is 0 Å². The van der Waals surface area contributed by atoms with Crippen LogP contribution >= 0.6 is 0 Å². The highest BCUT2D eigenvalue weighted by atomic mass is 19.1. The molecule has 0 amide bonds. The minimum atomic E-state index is 0.0401. The van der Waals surface area contributed by atoms with Gasteiger partial charge in [-0.15, -0.1) is 0 Å². The van der Waals surface area contributed by atoms with Crippen molar-refractivity contribution in [2.24, 2.45) is 11.3 Å². The number of hydrogen-bond acceptors (Lipinski definition) is 0. The van der Waals surface area contributed by atoms with Crippen molar-refractivity contribution in [3.05, 3.63) is 46.3 Å². The second-order valence-electron chi connectivity index (χ2n) is 9.11. The van der Waals surface area contributed by atoms with Crippen LogP contribution in [0.25, 0.3) is 0 Å². The number of unbranched alkanes of at least 4 members (excludes halogenated alkanes) is 3. The quantitative estimate of drug-likeness (QED) is 0.365. The Bertz CT molecular complexity index is 603. The van der Waals surface area contributed by atoms with Gasteiger partial charge in [0.05, 0.1) is 0 Å². The number of benzene rings is 1. The molecule has 0 radical (unpaired) electrons. The number of allylic oxidation sites excluding steroid dienone is 2. The van der Waals surface area contributed by atoms with E-state index in [1.54, 1.807) is 0 Å². The highest BCUT2D eigenvalue weighted by Gasteiger charge is 2.35. The Balaban J connectivity index is 2.28. The third-order valence-electron chi connectivity index (χ3n) is 6.03. The highest BCUT2D eigenvalue weighted by molar-refractivity contribution is 5.39.